The highest BCUT2D eigenvalue weighted by molar-refractivity contribution is 7.98. The molecule has 0 bridgehead atoms. The van der Waals surface area contributed by atoms with Crippen molar-refractivity contribution in [2.24, 2.45) is 0 Å². The Morgan fingerprint density at radius 2 is 1.60 bits per heavy atom. The van der Waals surface area contributed by atoms with Crippen LogP contribution in [0.3, 0.4) is 0 Å². The van der Waals surface area contributed by atoms with Gasteiger partial charge in [0.15, 0.2) is 11.0 Å². The van der Waals surface area contributed by atoms with Crippen molar-refractivity contribution in [3.63, 3.8) is 0 Å². The number of thioether (sulfide) groups is 1. The second-order valence-corrected chi connectivity index (χ2v) is 8.58. The maximum atomic E-state index is 6.15. The predicted octanol–water partition coefficient (Wildman–Crippen LogP) is 7.20. The van der Waals surface area contributed by atoms with Crippen LogP contribution in [-0.4, -0.2) is 21.9 Å². The van der Waals surface area contributed by atoms with Gasteiger partial charge in [0.05, 0.1) is 17.2 Å². The number of hydrogen-bond donors (Lipinski definition) is 0. The fourth-order valence-corrected chi connectivity index (χ4v) is 4.23. The molecule has 0 fully saturated rings. The van der Waals surface area contributed by atoms with Gasteiger partial charge in [0.25, 0.3) is 0 Å². The van der Waals surface area contributed by atoms with Crippen LogP contribution in [0.2, 0.25) is 15.1 Å². The molecular formula is C22H16Cl3N3OS. The van der Waals surface area contributed by atoms with Crippen molar-refractivity contribution in [1.29, 1.82) is 0 Å². The lowest BCUT2D eigenvalue weighted by atomic mass is 10.2. The molecule has 30 heavy (non-hydrogen) atoms. The third-order valence-electron chi connectivity index (χ3n) is 4.42. The van der Waals surface area contributed by atoms with Gasteiger partial charge in [0, 0.05) is 22.0 Å². The molecule has 3 aromatic carbocycles. The number of aromatic nitrogens is 3. The fraction of sp³-hybridized carbons (Fsp3) is 0.0909. The molecular weight excluding hydrogens is 461 g/mol. The number of methoxy groups -OCH3 is 1. The molecule has 0 N–H and O–H groups in total. The Balaban J connectivity index is 1.71. The van der Waals surface area contributed by atoms with Crippen LogP contribution in [0.5, 0.6) is 5.75 Å². The van der Waals surface area contributed by atoms with Crippen LogP contribution < -0.4 is 4.74 Å². The Morgan fingerprint density at radius 3 is 2.27 bits per heavy atom. The first-order valence-corrected chi connectivity index (χ1v) is 11.1. The number of benzene rings is 3. The number of nitrogens with zero attached hydrogens (tertiary/aromatic N) is 3. The molecule has 0 saturated heterocycles. The van der Waals surface area contributed by atoms with Gasteiger partial charge in [-0.1, -0.05) is 52.6 Å². The Labute approximate surface area is 193 Å². The second-order valence-electron chi connectivity index (χ2n) is 6.38. The number of ether oxygens (including phenoxy) is 1. The zero-order valence-corrected chi connectivity index (χ0v) is 18.9. The second kappa shape index (κ2) is 9.31. The number of rotatable bonds is 6. The third kappa shape index (κ3) is 4.60. The molecule has 152 valence electrons. The summed E-state index contributed by atoms with van der Waals surface area (Å²) in [5, 5.41) is 11.4. The van der Waals surface area contributed by atoms with Crippen LogP contribution >= 0.6 is 46.6 Å². The fourth-order valence-electron chi connectivity index (χ4n) is 2.89. The summed E-state index contributed by atoms with van der Waals surface area (Å²) in [5.74, 6) is 2.19. The van der Waals surface area contributed by atoms with Crippen molar-refractivity contribution in [3.8, 4) is 22.8 Å². The van der Waals surface area contributed by atoms with E-state index in [0.717, 1.165) is 33.5 Å². The number of hydrogen-bond acceptors (Lipinski definition) is 4. The van der Waals surface area contributed by atoms with E-state index in [-0.39, 0.29) is 0 Å². The SMILES string of the molecule is COc1ccc(-c2nnc(SCc3ccc(Cl)c(Cl)c3)n2-c2ccc(Cl)cc2)cc1. The van der Waals surface area contributed by atoms with Crippen molar-refractivity contribution in [3.05, 3.63) is 87.4 Å². The minimum absolute atomic E-state index is 0.535. The highest BCUT2D eigenvalue weighted by atomic mass is 35.5. The Hall–Kier alpha value is -2.18. The molecule has 4 aromatic rings. The molecule has 0 unspecified atom stereocenters. The molecule has 0 aliphatic carbocycles. The van der Waals surface area contributed by atoms with E-state index in [4.69, 9.17) is 39.5 Å². The molecule has 0 atom stereocenters. The zero-order chi connectivity index (χ0) is 21.1. The summed E-state index contributed by atoms with van der Waals surface area (Å²) in [5.41, 5.74) is 2.90. The van der Waals surface area contributed by atoms with Gasteiger partial charge in [-0.25, -0.2) is 0 Å². The molecule has 1 heterocycles. The lowest BCUT2D eigenvalue weighted by molar-refractivity contribution is 0.415. The summed E-state index contributed by atoms with van der Waals surface area (Å²) in [6.07, 6.45) is 0. The summed E-state index contributed by atoms with van der Waals surface area (Å²) in [4.78, 5) is 0. The average molecular weight is 477 g/mol. The van der Waals surface area contributed by atoms with Gasteiger partial charge in [0.2, 0.25) is 0 Å². The predicted molar refractivity (Wildman–Crippen MR) is 124 cm³/mol. The molecule has 8 heteroatoms. The highest BCUT2D eigenvalue weighted by Crippen LogP contribution is 2.32. The lowest BCUT2D eigenvalue weighted by Crippen LogP contribution is -2.00. The van der Waals surface area contributed by atoms with Gasteiger partial charge in [-0.3, -0.25) is 4.57 Å². The van der Waals surface area contributed by atoms with E-state index in [1.54, 1.807) is 24.9 Å². The van der Waals surface area contributed by atoms with E-state index < -0.39 is 0 Å². The van der Waals surface area contributed by atoms with Gasteiger partial charge >= 0.3 is 0 Å². The Morgan fingerprint density at radius 1 is 0.867 bits per heavy atom. The molecule has 0 amide bonds. The average Bonchev–Trinajstić information content (AvgIpc) is 3.19. The maximum absolute atomic E-state index is 6.15. The van der Waals surface area contributed by atoms with Gasteiger partial charge in [0.1, 0.15) is 5.75 Å². The Bertz CT molecular complexity index is 1160. The van der Waals surface area contributed by atoms with E-state index in [1.165, 1.54) is 0 Å². The minimum Gasteiger partial charge on any atom is -0.497 e. The van der Waals surface area contributed by atoms with Crippen LogP contribution in [0.4, 0.5) is 0 Å². The minimum atomic E-state index is 0.535. The van der Waals surface area contributed by atoms with Gasteiger partial charge in [-0.15, -0.1) is 10.2 Å². The lowest BCUT2D eigenvalue weighted by Gasteiger charge is -2.11. The van der Waals surface area contributed by atoms with Crippen LogP contribution in [-0.2, 0) is 5.75 Å². The monoisotopic (exact) mass is 475 g/mol. The summed E-state index contributed by atoms with van der Waals surface area (Å²) in [6.45, 7) is 0. The van der Waals surface area contributed by atoms with E-state index in [1.807, 2.05) is 65.2 Å². The smallest absolute Gasteiger partial charge is 0.196 e. The van der Waals surface area contributed by atoms with Crippen LogP contribution in [0.1, 0.15) is 5.56 Å². The van der Waals surface area contributed by atoms with Crippen LogP contribution in [0.25, 0.3) is 17.1 Å². The molecule has 0 aliphatic heterocycles. The Kier molecular flexibility index (Phi) is 6.54. The first kappa shape index (κ1) is 21.1. The van der Waals surface area contributed by atoms with Crippen molar-refractivity contribution in [2.45, 2.75) is 10.9 Å². The normalized spacial score (nSPS) is 10.9. The van der Waals surface area contributed by atoms with Crippen LogP contribution in [0, 0.1) is 0 Å². The van der Waals surface area contributed by atoms with E-state index >= 15 is 0 Å². The van der Waals surface area contributed by atoms with Crippen molar-refractivity contribution in [2.75, 3.05) is 7.11 Å². The summed E-state index contributed by atoms with van der Waals surface area (Å²) < 4.78 is 7.28. The molecule has 0 spiro atoms. The van der Waals surface area contributed by atoms with Crippen LogP contribution in [0.15, 0.2) is 71.9 Å². The maximum Gasteiger partial charge on any atom is 0.196 e. The topological polar surface area (TPSA) is 39.9 Å². The molecule has 0 radical (unpaired) electrons. The van der Waals surface area contributed by atoms with Gasteiger partial charge in [-0.05, 0) is 66.2 Å². The van der Waals surface area contributed by atoms with E-state index in [2.05, 4.69) is 10.2 Å². The first-order valence-electron chi connectivity index (χ1n) is 8.97. The third-order valence-corrected chi connectivity index (χ3v) is 6.41. The van der Waals surface area contributed by atoms with Gasteiger partial charge < -0.3 is 4.74 Å². The largest absolute Gasteiger partial charge is 0.497 e. The van der Waals surface area contributed by atoms with E-state index in [0.29, 0.717) is 20.8 Å². The molecule has 1 aromatic heterocycles. The first-order chi connectivity index (χ1) is 14.5. The summed E-state index contributed by atoms with van der Waals surface area (Å²) in [6, 6.07) is 20.9. The number of halogens is 3. The summed E-state index contributed by atoms with van der Waals surface area (Å²) >= 11 is 19.8. The molecule has 0 aliphatic rings. The van der Waals surface area contributed by atoms with Crippen molar-refractivity contribution in [1.82, 2.24) is 14.8 Å². The van der Waals surface area contributed by atoms with E-state index in [9.17, 15) is 0 Å². The standard InChI is InChI=1S/C22H16Cl3N3OS/c1-29-18-9-3-15(4-10-18)21-26-27-22(28(21)17-7-5-16(23)6-8-17)30-13-14-2-11-19(24)20(25)12-14/h2-12H,13H2,1H3. The zero-order valence-electron chi connectivity index (χ0n) is 15.8. The molecule has 4 nitrogen and oxygen atoms in total. The highest BCUT2D eigenvalue weighted by Gasteiger charge is 2.17. The summed E-state index contributed by atoms with van der Waals surface area (Å²) in [7, 11) is 1.64. The van der Waals surface area contributed by atoms with Crippen molar-refractivity contribution < 1.29 is 4.74 Å². The molecule has 4 rings (SSSR count). The van der Waals surface area contributed by atoms with Gasteiger partial charge in [-0.2, -0.15) is 0 Å². The molecule has 0 saturated carbocycles. The van der Waals surface area contributed by atoms with Crippen molar-refractivity contribution >= 4 is 46.6 Å². The quantitative estimate of drug-likeness (QED) is 0.276.